The number of rotatable bonds is 3. The minimum Gasteiger partial charge on any atom is -0.452 e. The van der Waals surface area contributed by atoms with Crippen LogP contribution >= 0.6 is 0 Å². The van der Waals surface area contributed by atoms with Crippen molar-refractivity contribution in [3.63, 3.8) is 0 Å². The summed E-state index contributed by atoms with van der Waals surface area (Å²) in [6, 6.07) is 6.76. The van der Waals surface area contributed by atoms with Crippen LogP contribution in [0.5, 0.6) is 0 Å². The Morgan fingerprint density at radius 2 is 1.92 bits per heavy atom. The SMILES string of the molecule is CNC(=O)NC(=O)COC(=O)c1c2c(nc3ccccc13)CCCC2. The lowest BCUT2D eigenvalue weighted by Gasteiger charge is -2.19. The molecule has 0 aliphatic heterocycles. The van der Waals surface area contributed by atoms with E-state index in [4.69, 9.17) is 4.74 Å². The van der Waals surface area contributed by atoms with E-state index < -0.39 is 24.5 Å². The lowest BCUT2D eigenvalue weighted by molar-refractivity contribution is -0.123. The molecule has 25 heavy (non-hydrogen) atoms. The predicted molar refractivity (Wildman–Crippen MR) is 91.3 cm³/mol. The number of pyridine rings is 1. The number of esters is 1. The number of carbonyl (C=O) groups is 3. The van der Waals surface area contributed by atoms with E-state index in [-0.39, 0.29) is 0 Å². The summed E-state index contributed by atoms with van der Waals surface area (Å²) in [7, 11) is 1.39. The summed E-state index contributed by atoms with van der Waals surface area (Å²) in [4.78, 5) is 40.1. The second kappa shape index (κ2) is 7.29. The first-order chi connectivity index (χ1) is 12.1. The number of fused-ring (bicyclic) bond motifs is 2. The second-order valence-corrected chi connectivity index (χ2v) is 5.84. The third-order valence-electron chi connectivity index (χ3n) is 4.19. The number of amides is 3. The second-order valence-electron chi connectivity index (χ2n) is 5.84. The van der Waals surface area contributed by atoms with Crippen LogP contribution in [0, 0.1) is 0 Å². The van der Waals surface area contributed by atoms with Gasteiger partial charge in [-0.25, -0.2) is 9.59 Å². The number of benzene rings is 1. The molecule has 0 atom stereocenters. The molecule has 0 bridgehead atoms. The maximum absolute atomic E-state index is 12.7. The Balaban J connectivity index is 1.88. The van der Waals surface area contributed by atoms with Crippen LogP contribution < -0.4 is 10.6 Å². The number of hydrogen-bond acceptors (Lipinski definition) is 5. The minimum absolute atomic E-state index is 0.480. The van der Waals surface area contributed by atoms with Gasteiger partial charge < -0.3 is 10.1 Å². The Morgan fingerprint density at radius 1 is 1.16 bits per heavy atom. The van der Waals surface area contributed by atoms with Gasteiger partial charge in [0.1, 0.15) is 0 Å². The van der Waals surface area contributed by atoms with E-state index >= 15 is 0 Å². The Kier molecular flexibility index (Phi) is 4.92. The molecule has 0 saturated carbocycles. The van der Waals surface area contributed by atoms with Crippen LogP contribution in [0.1, 0.15) is 34.5 Å². The summed E-state index contributed by atoms with van der Waals surface area (Å²) in [5, 5.41) is 5.04. The molecule has 2 aromatic rings. The number of imide groups is 1. The van der Waals surface area contributed by atoms with Crippen molar-refractivity contribution in [3.8, 4) is 0 Å². The van der Waals surface area contributed by atoms with Crippen LogP contribution in [0.4, 0.5) is 4.79 Å². The van der Waals surface area contributed by atoms with Crippen molar-refractivity contribution in [2.75, 3.05) is 13.7 Å². The van der Waals surface area contributed by atoms with Gasteiger partial charge in [0, 0.05) is 18.1 Å². The standard InChI is InChI=1S/C18H19N3O4/c1-19-18(24)21-15(22)10-25-17(23)16-11-6-2-4-8-13(11)20-14-9-5-3-7-12(14)16/h2,4,6,8H,3,5,7,9-10H2,1H3,(H2,19,21,22,24). The quantitative estimate of drug-likeness (QED) is 0.829. The summed E-state index contributed by atoms with van der Waals surface area (Å²) < 4.78 is 5.15. The van der Waals surface area contributed by atoms with E-state index in [0.29, 0.717) is 5.56 Å². The number of nitrogens with zero attached hydrogens (tertiary/aromatic N) is 1. The molecule has 0 spiro atoms. The molecule has 130 valence electrons. The number of para-hydroxylation sites is 1. The highest BCUT2D eigenvalue weighted by Gasteiger charge is 2.24. The Morgan fingerprint density at radius 3 is 2.72 bits per heavy atom. The zero-order valence-electron chi connectivity index (χ0n) is 13.9. The number of aromatic nitrogens is 1. The van der Waals surface area contributed by atoms with E-state index in [1.165, 1.54) is 7.05 Å². The van der Waals surface area contributed by atoms with E-state index in [1.807, 2.05) is 24.3 Å². The molecule has 1 aliphatic rings. The van der Waals surface area contributed by atoms with Crippen molar-refractivity contribution in [2.24, 2.45) is 0 Å². The van der Waals surface area contributed by atoms with Gasteiger partial charge in [-0.2, -0.15) is 0 Å². The molecule has 7 nitrogen and oxygen atoms in total. The van der Waals surface area contributed by atoms with Crippen molar-refractivity contribution in [3.05, 3.63) is 41.1 Å². The van der Waals surface area contributed by atoms with Crippen molar-refractivity contribution >= 4 is 28.8 Å². The Labute approximate surface area is 144 Å². The minimum atomic E-state index is -0.681. The lowest BCUT2D eigenvalue weighted by atomic mass is 9.90. The fourth-order valence-electron chi connectivity index (χ4n) is 3.03. The van der Waals surface area contributed by atoms with Gasteiger partial charge in [0.2, 0.25) is 0 Å². The van der Waals surface area contributed by atoms with Crippen LogP contribution in [0.15, 0.2) is 24.3 Å². The van der Waals surface area contributed by atoms with Gasteiger partial charge in [0.05, 0.1) is 11.1 Å². The highest BCUT2D eigenvalue weighted by Crippen LogP contribution is 2.29. The van der Waals surface area contributed by atoms with Crippen molar-refractivity contribution in [2.45, 2.75) is 25.7 Å². The molecule has 7 heteroatoms. The van der Waals surface area contributed by atoms with E-state index in [2.05, 4.69) is 15.6 Å². The van der Waals surface area contributed by atoms with Gasteiger partial charge in [0.25, 0.3) is 5.91 Å². The highest BCUT2D eigenvalue weighted by atomic mass is 16.5. The normalized spacial score (nSPS) is 13.0. The summed E-state index contributed by atoms with van der Waals surface area (Å²) in [6.45, 7) is -0.516. The third kappa shape index (κ3) is 3.60. The molecule has 3 amide bonds. The van der Waals surface area contributed by atoms with Gasteiger partial charge in [0.15, 0.2) is 6.61 Å². The molecule has 0 radical (unpaired) electrons. The van der Waals surface area contributed by atoms with Gasteiger partial charge in [-0.15, -0.1) is 0 Å². The summed E-state index contributed by atoms with van der Waals surface area (Å²) in [5.74, 6) is -1.25. The summed E-state index contributed by atoms with van der Waals surface area (Å²) >= 11 is 0. The molecule has 2 N–H and O–H groups in total. The van der Waals surface area contributed by atoms with Gasteiger partial charge in [-0.05, 0) is 37.3 Å². The first-order valence-electron chi connectivity index (χ1n) is 8.19. The first kappa shape index (κ1) is 16.9. The average molecular weight is 341 g/mol. The van der Waals surface area contributed by atoms with Gasteiger partial charge in [-0.3, -0.25) is 15.1 Å². The molecule has 1 aromatic heterocycles. The molecular formula is C18H19N3O4. The largest absolute Gasteiger partial charge is 0.452 e. The maximum atomic E-state index is 12.7. The maximum Gasteiger partial charge on any atom is 0.339 e. The number of ether oxygens (including phenoxy) is 1. The number of carbonyl (C=O) groups excluding carboxylic acids is 3. The predicted octanol–water partition coefficient (Wildman–Crippen LogP) is 1.73. The molecule has 1 aromatic carbocycles. The van der Waals surface area contributed by atoms with E-state index in [1.54, 1.807) is 0 Å². The van der Waals surface area contributed by atoms with Crippen LogP contribution in [0.3, 0.4) is 0 Å². The zero-order valence-corrected chi connectivity index (χ0v) is 13.9. The third-order valence-corrected chi connectivity index (χ3v) is 4.19. The van der Waals surface area contributed by atoms with Crippen molar-refractivity contribution in [1.29, 1.82) is 0 Å². The fraction of sp³-hybridized carbons (Fsp3) is 0.333. The first-order valence-corrected chi connectivity index (χ1v) is 8.19. The number of hydrogen-bond donors (Lipinski definition) is 2. The summed E-state index contributed by atoms with van der Waals surface area (Å²) in [6.07, 6.45) is 3.63. The van der Waals surface area contributed by atoms with Crippen LogP contribution in [0.2, 0.25) is 0 Å². The van der Waals surface area contributed by atoms with Crippen molar-refractivity contribution in [1.82, 2.24) is 15.6 Å². The summed E-state index contributed by atoms with van der Waals surface area (Å²) in [5.41, 5.74) is 3.05. The Hall–Kier alpha value is -2.96. The molecule has 0 fully saturated rings. The average Bonchev–Trinajstić information content (AvgIpc) is 2.64. The number of aryl methyl sites for hydroxylation is 1. The van der Waals surface area contributed by atoms with E-state index in [9.17, 15) is 14.4 Å². The molecule has 1 heterocycles. The zero-order chi connectivity index (χ0) is 17.8. The van der Waals surface area contributed by atoms with E-state index in [0.717, 1.165) is 47.8 Å². The lowest BCUT2D eigenvalue weighted by Crippen LogP contribution is -2.39. The smallest absolute Gasteiger partial charge is 0.339 e. The highest BCUT2D eigenvalue weighted by molar-refractivity contribution is 6.06. The van der Waals surface area contributed by atoms with Gasteiger partial charge in [-0.1, -0.05) is 18.2 Å². The molecular weight excluding hydrogens is 322 g/mol. The van der Waals surface area contributed by atoms with Crippen LogP contribution in [-0.2, 0) is 22.4 Å². The van der Waals surface area contributed by atoms with Crippen LogP contribution in [0.25, 0.3) is 10.9 Å². The molecule has 0 saturated heterocycles. The topological polar surface area (TPSA) is 97.4 Å². The number of nitrogens with one attached hydrogen (secondary N) is 2. The fourth-order valence-corrected chi connectivity index (χ4v) is 3.03. The molecule has 3 rings (SSSR count). The van der Waals surface area contributed by atoms with Crippen LogP contribution in [-0.4, -0.2) is 36.5 Å². The monoisotopic (exact) mass is 341 g/mol. The Bertz CT molecular complexity index is 848. The molecule has 0 unspecified atom stereocenters. The molecule has 1 aliphatic carbocycles. The number of urea groups is 1. The van der Waals surface area contributed by atoms with Crippen molar-refractivity contribution < 1.29 is 19.1 Å². The van der Waals surface area contributed by atoms with Gasteiger partial charge >= 0.3 is 12.0 Å².